The molecule has 1 aliphatic rings. The summed E-state index contributed by atoms with van der Waals surface area (Å²) in [4.78, 5) is 26.7. The van der Waals surface area contributed by atoms with Crippen LogP contribution in [0.5, 0.6) is 0 Å². The summed E-state index contributed by atoms with van der Waals surface area (Å²) in [6.07, 6.45) is 2.10. The van der Waals surface area contributed by atoms with Gasteiger partial charge in [-0.2, -0.15) is 0 Å². The zero-order valence-corrected chi connectivity index (χ0v) is 14.7. The molecule has 0 aliphatic carbocycles. The number of carbonyl (C=O) groups is 2. The number of hydrogen-bond donors (Lipinski definition) is 1. The summed E-state index contributed by atoms with van der Waals surface area (Å²) in [7, 11) is 1.59. The molecule has 1 atom stereocenters. The fourth-order valence-corrected chi connectivity index (χ4v) is 2.97. The Morgan fingerprint density at radius 1 is 1.25 bits per heavy atom. The first-order valence-electron chi connectivity index (χ1n) is 8.45. The largest absolute Gasteiger partial charge is 0.388 e. The van der Waals surface area contributed by atoms with Crippen LogP contribution in [0.1, 0.15) is 38.3 Å². The van der Waals surface area contributed by atoms with Crippen LogP contribution < -0.4 is 5.32 Å². The quantitative estimate of drug-likeness (QED) is 0.452. The zero-order valence-electron chi connectivity index (χ0n) is 14.7. The highest BCUT2D eigenvalue weighted by molar-refractivity contribution is 6.45. The molecule has 1 aromatic rings. The van der Waals surface area contributed by atoms with Crippen LogP contribution in [0, 0.1) is 0 Å². The molecule has 1 aliphatic heterocycles. The van der Waals surface area contributed by atoms with E-state index < -0.39 is 11.7 Å². The average Bonchev–Trinajstić information content (AvgIpc) is 2.85. The highest BCUT2D eigenvalue weighted by Gasteiger charge is 2.44. The van der Waals surface area contributed by atoms with Crippen molar-refractivity contribution in [1.29, 1.82) is 0 Å². The van der Waals surface area contributed by atoms with E-state index in [1.165, 1.54) is 0 Å². The van der Waals surface area contributed by atoms with E-state index in [-0.39, 0.29) is 6.04 Å². The van der Waals surface area contributed by atoms with E-state index in [1.54, 1.807) is 12.0 Å². The molecule has 0 saturated carbocycles. The van der Waals surface area contributed by atoms with E-state index >= 15 is 0 Å². The lowest BCUT2D eigenvalue weighted by atomic mass is 9.97. The van der Waals surface area contributed by atoms with Gasteiger partial charge in [-0.3, -0.25) is 9.59 Å². The van der Waals surface area contributed by atoms with Gasteiger partial charge in [-0.25, -0.2) is 0 Å². The molecule has 0 unspecified atom stereocenters. The Kier molecular flexibility index (Phi) is 6.55. The molecule has 2 rings (SSSR count). The van der Waals surface area contributed by atoms with Crippen LogP contribution in [-0.2, 0) is 14.3 Å². The van der Waals surface area contributed by atoms with Crippen LogP contribution in [-0.4, -0.2) is 43.4 Å². The lowest BCUT2D eigenvalue weighted by Crippen LogP contribution is -2.32. The van der Waals surface area contributed by atoms with E-state index in [9.17, 15) is 9.59 Å². The molecule has 0 spiro atoms. The SMILES string of the molecule is CCCCN/C(C)=C1\C(=O)C(=O)N(CCOC)[C@@H]1c1ccccc1. The minimum absolute atomic E-state index is 0.351. The summed E-state index contributed by atoms with van der Waals surface area (Å²) in [5.41, 5.74) is 2.29. The summed E-state index contributed by atoms with van der Waals surface area (Å²) in [5.74, 6) is -0.867. The Morgan fingerprint density at radius 3 is 2.58 bits per heavy atom. The van der Waals surface area contributed by atoms with Gasteiger partial charge in [0.15, 0.2) is 0 Å². The Hall–Kier alpha value is -2.14. The number of unbranched alkanes of at least 4 members (excludes halogenated alkanes) is 1. The smallest absolute Gasteiger partial charge is 0.295 e. The predicted octanol–water partition coefficient (Wildman–Crippen LogP) is 2.45. The summed E-state index contributed by atoms with van der Waals surface area (Å²) >= 11 is 0. The van der Waals surface area contributed by atoms with Crippen molar-refractivity contribution < 1.29 is 14.3 Å². The lowest BCUT2D eigenvalue weighted by Gasteiger charge is -2.25. The van der Waals surface area contributed by atoms with Crippen LogP contribution >= 0.6 is 0 Å². The first-order valence-corrected chi connectivity index (χ1v) is 8.45. The summed E-state index contributed by atoms with van der Waals surface area (Å²) in [6.45, 7) is 5.59. The predicted molar refractivity (Wildman–Crippen MR) is 93.4 cm³/mol. The third-order valence-electron chi connectivity index (χ3n) is 4.26. The molecule has 1 amide bonds. The molecule has 5 nitrogen and oxygen atoms in total. The molecule has 1 saturated heterocycles. The number of benzene rings is 1. The molecule has 130 valence electrons. The lowest BCUT2D eigenvalue weighted by molar-refractivity contribution is -0.140. The third kappa shape index (κ3) is 3.85. The Labute approximate surface area is 143 Å². The fourth-order valence-electron chi connectivity index (χ4n) is 2.97. The molecular weight excluding hydrogens is 304 g/mol. The van der Waals surface area contributed by atoms with Crippen molar-refractivity contribution in [3.63, 3.8) is 0 Å². The van der Waals surface area contributed by atoms with E-state index in [0.717, 1.165) is 30.6 Å². The Balaban J connectivity index is 2.40. The van der Waals surface area contributed by atoms with Gasteiger partial charge in [0.1, 0.15) is 0 Å². The Morgan fingerprint density at radius 2 is 1.96 bits per heavy atom. The maximum Gasteiger partial charge on any atom is 0.295 e. The molecule has 1 aromatic carbocycles. The minimum atomic E-state index is -0.451. The highest BCUT2D eigenvalue weighted by atomic mass is 16.5. The second-order valence-electron chi connectivity index (χ2n) is 5.95. The number of nitrogens with one attached hydrogen (secondary N) is 1. The first-order chi connectivity index (χ1) is 11.6. The van der Waals surface area contributed by atoms with Gasteiger partial charge >= 0.3 is 0 Å². The second kappa shape index (κ2) is 8.64. The molecule has 24 heavy (non-hydrogen) atoms. The average molecular weight is 330 g/mol. The van der Waals surface area contributed by atoms with Gasteiger partial charge in [0, 0.05) is 25.9 Å². The zero-order chi connectivity index (χ0) is 17.5. The molecule has 1 heterocycles. The summed E-state index contributed by atoms with van der Waals surface area (Å²) in [5, 5.41) is 3.30. The van der Waals surface area contributed by atoms with Crippen molar-refractivity contribution in [2.24, 2.45) is 0 Å². The minimum Gasteiger partial charge on any atom is -0.388 e. The number of Topliss-reactive ketones (excluding diaryl/α,β-unsaturated/α-hetero) is 1. The summed E-state index contributed by atoms with van der Waals surface area (Å²) in [6, 6.07) is 9.33. The van der Waals surface area contributed by atoms with Crippen LogP contribution in [0.4, 0.5) is 0 Å². The Bertz CT molecular complexity index is 610. The standard InChI is InChI=1S/C19H26N2O3/c1-4-5-11-20-14(2)16-17(15-9-7-6-8-10-15)21(12-13-24-3)19(23)18(16)22/h6-10,17,20H,4-5,11-13H2,1-3H3/b16-14-/t17-/m1/s1. The number of amides is 1. The number of allylic oxidation sites excluding steroid dienone is 1. The van der Waals surface area contributed by atoms with Gasteiger partial charge < -0.3 is 15.0 Å². The van der Waals surface area contributed by atoms with Crippen LogP contribution in [0.25, 0.3) is 0 Å². The van der Waals surface area contributed by atoms with Crippen LogP contribution in [0.15, 0.2) is 41.6 Å². The van der Waals surface area contributed by atoms with Crippen LogP contribution in [0.3, 0.4) is 0 Å². The van der Waals surface area contributed by atoms with Gasteiger partial charge in [-0.15, -0.1) is 0 Å². The van der Waals surface area contributed by atoms with Crippen molar-refractivity contribution in [1.82, 2.24) is 10.2 Å². The van der Waals surface area contributed by atoms with Crippen molar-refractivity contribution in [3.8, 4) is 0 Å². The fraction of sp³-hybridized carbons (Fsp3) is 0.474. The number of methoxy groups -OCH3 is 1. The van der Waals surface area contributed by atoms with Gasteiger partial charge in [0.25, 0.3) is 11.7 Å². The number of ether oxygens (including phenoxy) is 1. The number of ketones is 1. The van der Waals surface area contributed by atoms with Gasteiger partial charge in [-0.05, 0) is 18.9 Å². The third-order valence-corrected chi connectivity index (χ3v) is 4.26. The van der Waals surface area contributed by atoms with Gasteiger partial charge in [0.05, 0.1) is 18.2 Å². The molecular formula is C19H26N2O3. The molecule has 1 N–H and O–H groups in total. The molecule has 0 aromatic heterocycles. The van der Waals surface area contributed by atoms with E-state index in [2.05, 4.69) is 12.2 Å². The molecule has 0 bridgehead atoms. The van der Waals surface area contributed by atoms with E-state index in [1.807, 2.05) is 37.3 Å². The first kappa shape index (κ1) is 18.2. The second-order valence-corrected chi connectivity index (χ2v) is 5.95. The van der Waals surface area contributed by atoms with E-state index in [0.29, 0.717) is 18.7 Å². The van der Waals surface area contributed by atoms with Crippen molar-refractivity contribution in [2.45, 2.75) is 32.7 Å². The van der Waals surface area contributed by atoms with Crippen molar-refractivity contribution >= 4 is 11.7 Å². The number of carbonyl (C=O) groups excluding carboxylic acids is 2. The number of likely N-dealkylation sites (tertiary alicyclic amines) is 1. The number of hydrogen-bond acceptors (Lipinski definition) is 4. The molecule has 1 fully saturated rings. The normalized spacial score (nSPS) is 19.8. The van der Waals surface area contributed by atoms with Crippen LogP contribution in [0.2, 0.25) is 0 Å². The van der Waals surface area contributed by atoms with E-state index in [4.69, 9.17) is 4.74 Å². The molecule has 5 heteroatoms. The van der Waals surface area contributed by atoms with Gasteiger partial charge in [0.2, 0.25) is 0 Å². The highest BCUT2D eigenvalue weighted by Crippen LogP contribution is 2.36. The van der Waals surface area contributed by atoms with Gasteiger partial charge in [-0.1, -0.05) is 43.7 Å². The topological polar surface area (TPSA) is 58.6 Å². The monoisotopic (exact) mass is 330 g/mol. The number of rotatable bonds is 8. The maximum absolute atomic E-state index is 12.6. The maximum atomic E-state index is 12.6. The summed E-state index contributed by atoms with van der Waals surface area (Å²) < 4.78 is 5.11. The van der Waals surface area contributed by atoms with Crippen molar-refractivity contribution in [2.75, 3.05) is 26.8 Å². The number of nitrogens with zero attached hydrogens (tertiary/aromatic N) is 1. The van der Waals surface area contributed by atoms with Crippen molar-refractivity contribution in [3.05, 3.63) is 47.2 Å². The molecule has 0 radical (unpaired) electrons.